The van der Waals surface area contributed by atoms with Gasteiger partial charge in [-0.05, 0) is 25.7 Å². The molecule has 0 aliphatic heterocycles. The Bertz CT molecular complexity index is 172. The second-order valence-corrected chi connectivity index (χ2v) is 3.40. The topological polar surface area (TPSA) is 17.1 Å². The summed E-state index contributed by atoms with van der Waals surface area (Å²) in [5.74, 6) is 0.458. The molecule has 0 N–H and O–H groups in total. The highest BCUT2D eigenvalue weighted by molar-refractivity contribution is 5.86. The van der Waals surface area contributed by atoms with Gasteiger partial charge in [-0.2, -0.15) is 0 Å². The monoisotopic (exact) mass is 152 g/mol. The van der Waals surface area contributed by atoms with Crippen LogP contribution in [0.25, 0.3) is 0 Å². The third-order valence-corrected chi connectivity index (χ3v) is 2.86. The molecule has 0 saturated heterocycles. The highest BCUT2D eigenvalue weighted by atomic mass is 16.1. The molecule has 0 heterocycles. The van der Waals surface area contributed by atoms with Crippen molar-refractivity contribution in [1.82, 2.24) is 0 Å². The lowest BCUT2D eigenvalue weighted by molar-refractivity contribution is -0.125. The molecule has 0 bridgehead atoms. The van der Waals surface area contributed by atoms with E-state index in [0.717, 1.165) is 32.1 Å². The van der Waals surface area contributed by atoms with E-state index in [1.165, 1.54) is 0 Å². The molecule has 1 rings (SSSR count). The lowest BCUT2D eigenvalue weighted by Crippen LogP contribution is -2.23. The minimum atomic E-state index is -0.0122. The van der Waals surface area contributed by atoms with Crippen LogP contribution in [-0.4, -0.2) is 5.78 Å². The summed E-state index contributed by atoms with van der Waals surface area (Å²) in [6.07, 6.45) is 6.70. The van der Waals surface area contributed by atoms with E-state index >= 15 is 0 Å². The summed E-state index contributed by atoms with van der Waals surface area (Å²) in [5.41, 5.74) is -0.0122. The zero-order valence-corrected chi connectivity index (χ0v) is 7.23. The molecule has 1 atom stereocenters. The van der Waals surface area contributed by atoms with E-state index in [2.05, 4.69) is 13.5 Å². The summed E-state index contributed by atoms with van der Waals surface area (Å²) in [6, 6.07) is 0. The fourth-order valence-corrected chi connectivity index (χ4v) is 2.00. The van der Waals surface area contributed by atoms with E-state index in [1.54, 1.807) is 0 Å². The van der Waals surface area contributed by atoms with Crippen LogP contribution in [0.5, 0.6) is 0 Å². The van der Waals surface area contributed by atoms with Gasteiger partial charge < -0.3 is 0 Å². The summed E-state index contributed by atoms with van der Waals surface area (Å²) in [6.45, 7) is 5.80. The number of ketones is 1. The molecule has 1 fully saturated rings. The van der Waals surface area contributed by atoms with Crippen molar-refractivity contribution in [3.05, 3.63) is 12.7 Å². The number of allylic oxidation sites excluding steroid dienone is 1. The molecule has 11 heavy (non-hydrogen) atoms. The van der Waals surface area contributed by atoms with Crippen LogP contribution in [0.4, 0.5) is 0 Å². The Kier molecular flexibility index (Phi) is 2.48. The first-order chi connectivity index (χ1) is 5.25. The Morgan fingerprint density at radius 1 is 1.73 bits per heavy atom. The third-order valence-electron chi connectivity index (χ3n) is 2.86. The molecule has 1 aliphatic carbocycles. The van der Waals surface area contributed by atoms with Crippen molar-refractivity contribution in [1.29, 1.82) is 0 Å². The van der Waals surface area contributed by atoms with Gasteiger partial charge in [0, 0.05) is 11.8 Å². The molecule has 1 saturated carbocycles. The van der Waals surface area contributed by atoms with E-state index in [4.69, 9.17) is 0 Å². The SMILES string of the molecule is C=CCC1(CC)CCCC1=O. The Morgan fingerprint density at radius 2 is 2.45 bits per heavy atom. The number of carbonyl (C=O) groups is 1. The summed E-state index contributed by atoms with van der Waals surface area (Å²) in [4.78, 5) is 11.5. The second kappa shape index (κ2) is 3.21. The lowest BCUT2D eigenvalue weighted by Gasteiger charge is -2.23. The summed E-state index contributed by atoms with van der Waals surface area (Å²) in [5, 5.41) is 0. The van der Waals surface area contributed by atoms with Crippen LogP contribution in [0, 0.1) is 5.41 Å². The second-order valence-electron chi connectivity index (χ2n) is 3.40. The fraction of sp³-hybridized carbons (Fsp3) is 0.700. The van der Waals surface area contributed by atoms with Crippen molar-refractivity contribution < 1.29 is 4.79 Å². The third kappa shape index (κ3) is 1.37. The molecule has 1 nitrogen and oxygen atoms in total. The molecule has 0 aromatic carbocycles. The van der Waals surface area contributed by atoms with Gasteiger partial charge in [-0.15, -0.1) is 6.58 Å². The van der Waals surface area contributed by atoms with Gasteiger partial charge in [0.1, 0.15) is 5.78 Å². The van der Waals surface area contributed by atoms with E-state index in [1.807, 2.05) is 6.08 Å². The van der Waals surface area contributed by atoms with Crippen molar-refractivity contribution in [3.8, 4) is 0 Å². The maximum atomic E-state index is 11.5. The zero-order chi connectivity index (χ0) is 8.32. The minimum absolute atomic E-state index is 0.0122. The normalized spacial score (nSPS) is 30.8. The summed E-state index contributed by atoms with van der Waals surface area (Å²) >= 11 is 0. The smallest absolute Gasteiger partial charge is 0.139 e. The lowest BCUT2D eigenvalue weighted by atomic mass is 9.79. The van der Waals surface area contributed by atoms with Crippen molar-refractivity contribution >= 4 is 5.78 Å². The number of Topliss-reactive ketones (excluding diaryl/α,β-unsaturated/α-hetero) is 1. The van der Waals surface area contributed by atoms with E-state index < -0.39 is 0 Å². The molecule has 0 aromatic heterocycles. The first-order valence-electron chi connectivity index (χ1n) is 4.39. The van der Waals surface area contributed by atoms with Crippen molar-refractivity contribution in [2.24, 2.45) is 5.41 Å². The number of rotatable bonds is 3. The standard InChI is InChI=1S/C10H16O/c1-3-7-10(4-2)8-5-6-9(10)11/h3H,1,4-8H2,2H3. The van der Waals surface area contributed by atoms with E-state index in [0.29, 0.717) is 5.78 Å². The molecule has 0 spiro atoms. The quantitative estimate of drug-likeness (QED) is 0.568. The average Bonchev–Trinajstić information content (AvgIpc) is 2.35. The fourth-order valence-electron chi connectivity index (χ4n) is 2.00. The Balaban J connectivity index is 2.72. The van der Waals surface area contributed by atoms with Gasteiger partial charge in [-0.3, -0.25) is 4.79 Å². The molecule has 0 aromatic rings. The number of hydrogen-bond donors (Lipinski definition) is 0. The van der Waals surface area contributed by atoms with Crippen LogP contribution in [0.15, 0.2) is 12.7 Å². The molecule has 1 aliphatic rings. The Labute approximate surface area is 68.5 Å². The molecule has 1 unspecified atom stereocenters. The van der Waals surface area contributed by atoms with Gasteiger partial charge in [-0.25, -0.2) is 0 Å². The number of hydrogen-bond acceptors (Lipinski definition) is 1. The average molecular weight is 152 g/mol. The summed E-state index contributed by atoms with van der Waals surface area (Å²) in [7, 11) is 0. The first-order valence-corrected chi connectivity index (χ1v) is 4.39. The molecular formula is C10H16O. The first kappa shape index (κ1) is 8.51. The maximum Gasteiger partial charge on any atom is 0.139 e. The predicted molar refractivity (Wildman–Crippen MR) is 46.4 cm³/mol. The molecule has 62 valence electrons. The van der Waals surface area contributed by atoms with Gasteiger partial charge in [0.2, 0.25) is 0 Å². The zero-order valence-electron chi connectivity index (χ0n) is 7.23. The van der Waals surface area contributed by atoms with Crippen molar-refractivity contribution in [2.45, 2.75) is 39.0 Å². The van der Waals surface area contributed by atoms with E-state index in [-0.39, 0.29) is 5.41 Å². The van der Waals surface area contributed by atoms with Crippen LogP contribution in [-0.2, 0) is 4.79 Å². The predicted octanol–water partition coefficient (Wildman–Crippen LogP) is 2.71. The molecule has 1 heteroatoms. The Hall–Kier alpha value is -0.590. The Morgan fingerprint density at radius 3 is 2.82 bits per heavy atom. The van der Waals surface area contributed by atoms with Gasteiger partial charge in [-0.1, -0.05) is 13.0 Å². The number of carbonyl (C=O) groups excluding carboxylic acids is 1. The highest BCUT2D eigenvalue weighted by Gasteiger charge is 2.38. The van der Waals surface area contributed by atoms with Crippen LogP contribution in [0.1, 0.15) is 39.0 Å². The van der Waals surface area contributed by atoms with Crippen molar-refractivity contribution in [2.75, 3.05) is 0 Å². The van der Waals surface area contributed by atoms with Crippen LogP contribution in [0.3, 0.4) is 0 Å². The highest BCUT2D eigenvalue weighted by Crippen LogP contribution is 2.40. The van der Waals surface area contributed by atoms with Gasteiger partial charge >= 0.3 is 0 Å². The van der Waals surface area contributed by atoms with Crippen LogP contribution in [0.2, 0.25) is 0 Å². The van der Waals surface area contributed by atoms with Gasteiger partial charge in [0.15, 0.2) is 0 Å². The minimum Gasteiger partial charge on any atom is -0.299 e. The van der Waals surface area contributed by atoms with Gasteiger partial charge in [0.25, 0.3) is 0 Å². The molecular weight excluding hydrogens is 136 g/mol. The summed E-state index contributed by atoms with van der Waals surface area (Å²) < 4.78 is 0. The largest absolute Gasteiger partial charge is 0.299 e. The van der Waals surface area contributed by atoms with Crippen LogP contribution < -0.4 is 0 Å². The van der Waals surface area contributed by atoms with Crippen molar-refractivity contribution in [3.63, 3.8) is 0 Å². The maximum absolute atomic E-state index is 11.5. The molecule has 0 radical (unpaired) electrons. The van der Waals surface area contributed by atoms with E-state index in [9.17, 15) is 4.79 Å². The van der Waals surface area contributed by atoms with Gasteiger partial charge in [0.05, 0.1) is 0 Å². The van der Waals surface area contributed by atoms with Crippen LogP contribution >= 0.6 is 0 Å². The molecule has 0 amide bonds.